The minimum absolute atomic E-state index is 0.365. The maximum Gasteiger partial charge on any atom is 0.234 e. The highest BCUT2D eigenvalue weighted by Gasteiger charge is 2.19. The number of rotatable bonds is 7. The summed E-state index contributed by atoms with van der Waals surface area (Å²) in [6, 6.07) is 5.03. The van der Waals surface area contributed by atoms with Crippen molar-refractivity contribution in [3.8, 4) is 0 Å². The highest BCUT2D eigenvalue weighted by molar-refractivity contribution is 6.42. The lowest BCUT2D eigenvalue weighted by Crippen LogP contribution is -2.43. The second-order valence-electron chi connectivity index (χ2n) is 4.29. The second kappa shape index (κ2) is 7.70. The van der Waals surface area contributed by atoms with Crippen molar-refractivity contribution < 1.29 is 9.53 Å². The number of methoxy groups -OCH3 is 1. The van der Waals surface area contributed by atoms with Crippen molar-refractivity contribution in [3.05, 3.63) is 33.8 Å². The molecule has 0 saturated carbocycles. The third-order valence-corrected chi connectivity index (χ3v) is 3.65. The number of carbonyl (C=O) groups excluding carboxylic acids is 1. The summed E-state index contributed by atoms with van der Waals surface area (Å²) in [6.45, 7) is 3.47. The fraction of sp³-hybridized carbons (Fsp3) is 0.462. The Balaban J connectivity index is 2.80. The van der Waals surface area contributed by atoms with Gasteiger partial charge in [-0.1, -0.05) is 29.3 Å². The molecule has 2 N–H and O–H groups in total. The molecule has 1 aromatic rings. The van der Waals surface area contributed by atoms with Gasteiger partial charge in [-0.2, -0.15) is 0 Å². The van der Waals surface area contributed by atoms with E-state index >= 15 is 0 Å². The number of nitrogens with two attached hydrogens (primary N) is 1. The minimum atomic E-state index is -0.371. The standard InChI is InChI=1S/C13H18Cl2N2O2/c1-9(13(16)18)17(5-6-19-2)8-10-3-4-11(14)12(15)7-10/h3-4,7,9H,5-6,8H2,1-2H3,(H2,16,18). The van der Waals surface area contributed by atoms with E-state index in [-0.39, 0.29) is 11.9 Å². The zero-order valence-electron chi connectivity index (χ0n) is 11.0. The number of primary amides is 1. The van der Waals surface area contributed by atoms with Crippen molar-refractivity contribution in [3.63, 3.8) is 0 Å². The summed E-state index contributed by atoms with van der Waals surface area (Å²) in [6.07, 6.45) is 0. The molecule has 1 unspecified atom stereocenters. The molecule has 0 fully saturated rings. The number of benzene rings is 1. The molecule has 0 saturated heterocycles. The molecule has 0 aromatic heterocycles. The summed E-state index contributed by atoms with van der Waals surface area (Å²) in [5.41, 5.74) is 6.32. The van der Waals surface area contributed by atoms with E-state index in [2.05, 4.69) is 0 Å². The van der Waals surface area contributed by atoms with Crippen molar-refractivity contribution in [1.29, 1.82) is 0 Å². The molecule has 0 aliphatic heterocycles. The molecule has 0 spiro atoms. The van der Waals surface area contributed by atoms with Crippen LogP contribution in [0.1, 0.15) is 12.5 Å². The molecule has 106 valence electrons. The van der Waals surface area contributed by atoms with E-state index in [4.69, 9.17) is 33.7 Å². The van der Waals surface area contributed by atoms with Gasteiger partial charge in [0.15, 0.2) is 0 Å². The molecule has 0 bridgehead atoms. The number of hydrogen-bond donors (Lipinski definition) is 1. The van der Waals surface area contributed by atoms with Gasteiger partial charge in [0.2, 0.25) is 5.91 Å². The van der Waals surface area contributed by atoms with Gasteiger partial charge in [0.1, 0.15) is 0 Å². The maximum absolute atomic E-state index is 11.3. The van der Waals surface area contributed by atoms with Crippen LogP contribution in [0, 0.1) is 0 Å². The number of amides is 1. The molecule has 1 atom stereocenters. The zero-order chi connectivity index (χ0) is 14.4. The Morgan fingerprint density at radius 3 is 2.63 bits per heavy atom. The van der Waals surface area contributed by atoms with Gasteiger partial charge < -0.3 is 10.5 Å². The van der Waals surface area contributed by atoms with Gasteiger partial charge in [-0.3, -0.25) is 9.69 Å². The van der Waals surface area contributed by atoms with Crippen LogP contribution >= 0.6 is 23.2 Å². The lowest BCUT2D eigenvalue weighted by Gasteiger charge is -2.26. The number of hydrogen-bond acceptors (Lipinski definition) is 3. The third-order valence-electron chi connectivity index (χ3n) is 2.91. The Hall–Kier alpha value is -0.810. The van der Waals surface area contributed by atoms with Crippen LogP contribution in [0.25, 0.3) is 0 Å². The average Bonchev–Trinajstić information content (AvgIpc) is 2.37. The Morgan fingerprint density at radius 1 is 1.42 bits per heavy atom. The summed E-state index contributed by atoms with van der Waals surface area (Å²) in [5.74, 6) is -0.365. The first-order valence-electron chi connectivity index (χ1n) is 5.92. The molecule has 19 heavy (non-hydrogen) atoms. The summed E-state index contributed by atoms with van der Waals surface area (Å²) in [7, 11) is 1.62. The second-order valence-corrected chi connectivity index (χ2v) is 5.10. The fourth-order valence-corrected chi connectivity index (χ4v) is 1.99. The van der Waals surface area contributed by atoms with E-state index < -0.39 is 0 Å². The summed E-state index contributed by atoms with van der Waals surface area (Å²) >= 11 is 11.9. The third kappa shape index (κ3) is 4.99. The van der Waals surface area contributed by atoms with Crippen LogP contribution in [-0.2, 0) is 16.1 Å². The van der Waals surface area contributed by atoms with Crippen LogP contribution in [0.2, 0.25) is 10.0 Å². The van der Waals surface area contributed by atoms with Gasteiger partial charge in [-0.25, -0.2) is 0 Å². The first-order chi connectivity index (χ1) is 8.95. The molecule has 0 aliphatic carbocycles. The number of halogens is 2. The molecule has 4 nitrogen and oxygen atoms in total. The van der Waals surface area contributed by atoms with Gasteiger partial charge in [0.25, 0.3) is 0 Å². The molecular weight excluding hydrogens is 287 g/mol. The lowest BCUT2D eigenvalue weighted by molar-refractivity contribution is -0.123. The van der Waals surface area contributed by atoms with Crippen LogP contribution < -0.4 is 5.73 Å². The number of nitrogens with zero attached hydrogens (tertiary/aromatic N) is 1. The van der Waals surface area contributed by atoms with Crippen molar-refractivity contribution in [1.82, 2.24) is 4.90 Å². The molecule has 6 heteroatoms. The highest BCUT2D eigenvalue weighted by atomic mass is 35.5. The number of carbonyl (C=O) groups is 1. The van der Waals surface area contributed by atoms with Crippen molar-refractivity contribution in [2.24, 2.45) is 5.73 Å². The lowest BCUT2D eigenvalue weighted by atomic mass is 10.1. The SMILES string of the molecule is COCCN(Cc1ccc(Cl)c(Cl)c1)C(C)C(N)=O. The Morgan fingerprint density at radius 2 is 2.11 bits per heavy atom. The predicted molar refractivity (Wildman–Crippen MR) is 77.4 cm³/mol. The Labute approximate surface area is 123 Å². The van der Waals surface area contributed by atoms with Gasteiger partial charge in [0, 0.05) is 20.2 Å². The smallest absolute Gasteiger partial charge is 0.234 e. The molecule has 0 aliphatic rings. The van der Waals surface area contributed by atoms with E-state index in [1.54, 1.807) is 26.2 Å². The molecule has 1 amide bonds. The number of ether oxygens (including phenoxy) is 1. The Kier molecular flexibility index (Phi) is 6.58. The fourth-order valence-electron chi connectivity index (χ4n) is 1.67. The molecule has 1 rings (SSSR count). The van der Waals surface area contributed by atoms with E-state index in [1.807, 2.05) is 11.0 Å². The largest absolute Gasteiger partial charge is 0.383 e. The zero-order valence-corrected chi connectivity index (χ0v) is 12.5. The normalized spacial score (nSPS) is 12.7. The van der Waals surface area contributed by atoms with Gasteiger partial charge in [0.05, 0.1) is 22.7 Å². The van der Waals surface area contributed by atoms with Gasteiger partial charge in [-0.05, 0) is 24.6 Å². The quantitative estimate of drug-likeness (QED) is 0.841. The van der Waals surface area contributed by atoms with Crippen LogP contribution in [0.4, 0.5) is 0 Å². The topological polar surface area (TPSA) is 55.6 Å². The van der Waals surface area contributed by atoms with Crippen molar-refractivity contribution in [2.45, 2.75) is 19.5 Å². The van der Waals surface area contributed by atoms with Crippen LogP contribution in [0.5, 0.6) is 0 Å². The first kappa shape index (κ1) is 16.2. The van der Waals surface area contributed by atoms with Crippen LogP contribution in [0.15, 0.2) is 18.2 Å². The summed E-state index contributed by atoms with van der Waals surface area (Å²) in [4.78, 5) is 13.2. The predicted octanol–water partition coefficient (Wildman–Crippen LogP) is 2.32. The summed E-state index contributed by atoms with van der Waals surface area (Å²) < 4.78 is 5.04. The van der Waals surface area contributed by atoms with E-state index in [9.17, 15) is 4.79 Å². The van der Waals surface area contributed by atoms with E-state index in [0.717, 1.165) is 5.56 Å². The van der Waals surface area contributed by atoms with Gasteiger partial charge >= 0.3 is 0 Å². The van der Waals surface area contributed by atoms with E-state index in [0.29, 0.717) is 29.7 Å². The van der Waals surface area contributed by atoms with Crippen molar-refractivity contribution >= 4 is 29.1 Å². The van der Waals surface area contributed by atoms with E-state index in [1.165, 1.54) is 0 Å². The first-order valence-corrected chi connectivity index (χ1v) is 6.67. The molecular formula is C13H18Cl2N2O2. The monoisotopic (exact) mass is 304 g/mol. The maximum atomic E-state index is 11.3. The van der Waals surface area contributed by atoms with Crippen LogP contribution in [-0.4, -0.2) is 37.1 Å². The summed E-state index contributed by atoms with van der Waals surface area (Å²) in [5, 5.41) is 1.01. The van der Waals surface area contributed by atoms with Gasteiger partial charge in [-0.15, -0.1) is 0 Å². The molecule has 0 radical (unpaired) electrons. The van der Waals surface area contributed by atoms with Crippen LogP contribution in [0.3, 0.4) is 0 Å². The minimum Gasteiger partial charge on any atom is -0.383 e. The van der Waals surface area contributed by atoms with Crippen molar-refractivity contribution in [2.75, 3.05) is 20.3 Å². The molecule has 0 heterocycles. The molecule has 1 aromatic carbocycles. The average molecular weight is 305 g/mol. The highest BCUT2D eigenvalue weighted by Crippen LogP contribution is 2.23. The Bertz CT molecular complexity index is 441.